The summed E-state index contributed by atoms with van der Waals surface area (Å²) in [6.45, 7) is 2.49. The van der Waals surface area contributed by atoms with Crippen LogP contribution in [0.3, 0.4) is 0 Å². The fourth-order valence-electron chi connectivity index (χ4n) is 2.82. The number of anilines is 1. The van der Waals surface area contributed by atoms with Gasteiger partial charge in [-0.3, -0.25) is 4.79 Å². The average Bonchev–Trinajstić information content (AvgIpc) is 2.47. The smallest absolute Gasteiger partial charge is 0.166 e. The number of ether oxygens (including phenoxy) is 1. The summed E-state index contributed by atoms with van der Waals surface area (Å²) < 4.78 is 5.31. The maximum atomic E-state index is 12.4. The normalized spacial score (nSPS) is 20.0. The van der Waals surface area contributed by atoms with Crippen LogP contribution < -0.4 is 5.32 Å². The summed E-state index contributed by atoms with van der Waals surface area (Å²) in [5.74, 6) is 0.458. The third kappa shape index (κ3) is 2.27. The Morgan fingerprint density at radius 3 is 2.94 bits per heavy atom. The fourth-order valence-corrected chi connectivity index (χ4v) is 2.82. The molecule has 3 heteroatoms. The first kappa shape index (κ1) is 11.7. The zero-order valence-electron chi connectivity index (χ0n) is 10.6. The molecule has 0 atom stereocenters. The summed E-state index contributed by atoms with van der Waals surface area (Å²) in [5.41, 5.74) is 3.37. The second-order valence-electron chi connectivity index (χ2n) is 5.15. The Morgan fingerprint density at radius 2 is 2.11 bits per heavy atom. The third-order valence-corrected chi connectivity index (χ3v) is 3.92. The maximum Gasteiger partial charge on any atom is 0.166 e. The molecule has 1 aromatic rings. The number of hydrogen-bond acceptors (Lipinski definition) is 3. The number of nitrogens with one attached hydrogen (secondary N) is 1. The van der Waals surface area contributed by atoms with Crippen LogP contribution in [0.2, 0.25) is 0 Å². The average molecular weight is 245 g/mol. The van der Waals surface area contributed by atoms with Crippen LogP contribution in [0.5, 0.6) is 0 Å². The van der Waals surface area contributed by atoms with Crippen molar-refractivity contribution >= 4 is 11.5 Å². The highest BCUT2D eigenvalue weighted by atomic mass is 16.5. The molecule has 1 aromatic carbocycles. The number of hydrogen-bond donors (Lipinski definition) is 1. The number of aryl methyl sites for hydroxylation is 1. The topological polar surface area (TPSA) is 38.3 Å². The van der Waals surface area contributed by atoms with Crippen LogP contribution in [-0.2, 0) is 11.2 Å². The summed E-state index contributed by atoms with van der Waals surface area (Å²) in [7, 11) is 0. The van der Waals surface area contributed by atoms with Crippen LogP contribution in [0.4, 0.5) is 5.69 Å². The maximum absolute atomic E-state index is 12.4. The second kappa shape index (κ2) is 5.11. The Labute approximate surface area is 108 Å². The minimum Gasteiger partial charge on any atom is -0.385 e. The van der Waals surface area contributed by atoms with Crippen LogP contribution in [0.25, 0.3) is 0 Å². The molecular formula is C15H19NO2. The van der Waals surface area contributed by atoms with Gasteiger partial charge in [-0.15, -0.1) is 0 Å². The Kier molecular flexibility index (Phi) is 3.33. The SMILES string of the molecule is O=C(c1ccc2c(c1)CCCN2)C1CCOCC1. The molecule has 3 rings (SSSR count). The van der Waals surface area contributed by atoms with Crippen molar-refractivity contribution in [2.75, 3.05) is 25.1 Å². The molecule has 1 N–H and O–H groups in total. The van der Waals surface area contributed by atoms with E-state index in [0.717, 1.165) is 51.0 Å². The molecule has 18 heavy (non-hydrogen) atoms. The molecule has 0 amide bonds. The van der Waals surface area contributed by atoms with Gasteiger partial charge in [0.15, 0.2) is 5.78 Å². The molecule has 2 heterocycles. The number of benzene rings is 1. The van der Waals surface area contributed by atoms with E-state index in [1.807, 2.05) is 6.07 Å². The molecule has 0 unspecified atom stereocenters. The molecule has 0 aromatic heterocycles. The number of Topliss-reactive ketones (excluding diaryl/α,β-unsaturated/α-hetero) is 1. The van der Waals surface area contributed by atoms with Crippen molar-refractivity contribution in [3.63, 3.8) is 0 Å². The van der Waals surface area contributed by atoms with Crippen LogP contribution in [0.15, 0.2) is 18.2 Å². The summed E-state index contributed by atoms with van der Waals surface area (Å²) in [5, 5.41) is 3.38. The summed E-state index contributed by atoms with van der Waals surface area (Å²) in [4.78, 5) is 12.4. The van der Waals surface area contributed by atoms with Crippen molar-refractivity contribution in [1.82, 2.24) is 0 Å². The lowest BCUT2D eigenvalue weighted by Crippen LogP contribution is -2.24. The standard InChI is InChI=1S/C15H19NO2/c17-15(11-5-8-18-9-6-11)13-3-4-14-12(10-13)2-1-7-16-14/h3-4,10-11,16H,1-2,5-9H2. The molecule has 0 spiro atoms. The van der Waals surface area contributed by atoms with Crippen molar-refractivity contribution in [2.45, 2.75) is 25.7 Å². The molecule has 0 bridgehead atoms. The van der Waals surface area contributed by atoms with Crippen LogP contribution in [0, 0.1) is 5.92 Å². The first-order valence-electron chi connectivity index (χ1n) is 6.83. The minimum absolute atomic E-state index is 0.161. The molecule has 2 aliphatic heterocycles. The van der Waals surface area contributed by atoms with Crippen molar-refractivity contribution < 1.29 is 9.53 Å². The van der Waals surface area contributed by atoms with Gasteiger partial charge in [0.25, 0.3) is 0 Å². The molecule has 1 fully saturated rings. The Bertz CT molecular complexity index is 450. The van der Waals surface area contributed by atoms with Gasteiger partial charge in [-0.25, -0.2) is 0 Å². The van der Waals surface area contributed by atoms with Gasteiger partial charge >= 0.3 is 0 Å². The number of carbonyl (C=O) groups is 1. The lowest BCUT2D eigenvalue weighted by Gasteiger charge is -2.22. The minimum atomic E-state index is 0.161. The van der Waals surface area contributed by atoms with Gasteiger partial charge in [0.1, 0.15) is 0 Å². The number of ketones is 1. The highest BCUT2D eigenvalue weighted by molar-refractivity contribution is 5.98. The molecule has 3 nitrogen and oxygen atoms in total. The van der Waals surface area contributed by atoms with Crippen molar-refractivity contribution in [1.29, 1.82) is 0 Å². The van der Waals surface area contributed by atoms with Gasteiger partial charge in [-0.2, -0.15) is 0 Å². The lowest BCUT2D eigenvalue weighted by atomic mass is 9.89. The van der Waals surface area contributed by atoms with E-state index in [4.69, 9.17) is 4.74 Å². The van der Waals surface area contributed by atoms with Crippen LogP contribution in [-0.4, -0.2) is 25.5 Å². The van der Waals surface area contributed by atoms with Gasteiger partial charge in [-0.05, 0) is 49.4 Å². The Balaban J connectivity index is 1.80. The molecule has 0 saturated carbocycles. The molecule has 2 aliphatic rings. The van der Waals surface area contributed by atoms with Gasteiger partial charge in [0.05, 0.1) is 0 Å². The van der Waals surface area contributed by atoms with Crippen molar-refractivity contribution in [2.24, 2.45) is 5.92 Å². The second-order valence-corrected chi connectivity index (χ2v) is 5.15. The predicted molar refractivity (Wildman–Crippen MR) is 71.1 cm³/mol. The summed E-state index contributed by atoms with van der Waals surface area (Å²) in [6, 6.07) is 6.11. The molecular weight excluding hydrogens is 226 g/mol. The first-order chi connectivity index (χ1) is 8.84. The molecule has 0 aliphatic carbocycles. The number of rotatable bonds is 2. The summed E-state index contributed by atoms with van der Waals surface area (Å²) in [6.07, 6.45) is 3.97. The van der Waals surface area contributed by atoms with E-state index in [2.05, 4.69) is 17.4 Å². The lowest BCUT2D eigenvalue weighted by molar-refractivity contribution is 0.0545. The van der Waals surface area contributed by atoms with E-state index >= 15 is 0 Å². The largest absolute Gasteiger partial charge is 0.385 e. The zero-order valence-corrected chi connectivity index (χ0v) is 10.6. The first-order valence-corrected chi connectivity index (χ1v) is 6.83. The van der Waals surface area contributed by atoms with Gasteiger partial charge in [-0.1, -0.05) is 0 Å². The number of fused-ring (bicyclic) bond motifs is 1. The van der Waals surface area contributed by atoms with Gasteiger partial charge in [0.2, 0.25) is 0 Å². The third-order valence-electron chi connectivity index (χ3n) is 3.92. The van der Waals surface area contributed by atoms with E-state index < -0.39 is 0 Å². The van der Waals surface area contributed by atoms with Crippen LogP contribution >= 0.6 is 0 Å². The predicted octanol–water partition coefficient (Wildman–Crippen LogP) is 2.65. The van der Waals surface area contributed by atoms with E-state index in [1.165, 1.54) is 11.3 Å². The Morgan fingerprint density at radius 1 is 1.28 bits per heavy atom. The van der Waals surface area contributed by atoms with Crippen molar-refractivity contribution in [3.05, 3.63) is 29.3 Å². The highest BCUT2D eigenvalue weighted by Gasteiger charge is 2.23. The fraction of sp³-hybridized carbons (Fsp3) is 0.533. The van der Waals surface area contributed by atoms with E-state index in [1.54, 1.807) is 0 Å². The number of carbonyl (C=O) groups excluding carboxylic acids is 1. The van der Waals surface area contributed by atoms with E-state index in [9.17, 15) is 4.79 Å². The van der Waals surface area contributed by atoms with Crippen LogP contribution in [0.1, 0.15) is 35.2 Å². The van der Waals surface area contributed by atoms with Crippen molar-refractivity contribution in [3.8, 4) is 0 Å². The zero-order chi connectivity index (χ0) is 12.4. The quantitative estimate of drug-likeness (QED) is 0.814. The highest BCUT2D eigenvalue weighted by Crippen LogP contribution is 2.26. The molecule has 0 radical (unpaired) electrons. The summed E-state index contributed by atoms with van der Waals surface area (Å²) >= 11 is 0. The van der Waals surface area contributed by atoms with Gasteiger partial charge in [0, 0.05) is 36.9 Å². The molecule has 96 valence electrons. The van der Waals surface area contributed by atoms with E-state index in [0.29, 0.717) is 5.78 Å². The molecule has 1 saturated heterocycles. The monoisotopic (exact) mass is 245 g/mol. The Hall–Kier alpha value is -1.35. The van der Waals surface area contributed by atoms with Gasteiger partial charge < -0.3 is 10.1 Å². The van der Waals surface area contributed by atoms with E-state index in [-0.39, 0.29) is 5.92 Å².